The van der Waals surface area contributed by atoms with Gasteiger partial charge in [0.05, 0.1) is 0 Å². The number of hydrogen-bond donors (Lipinski definition) is 0. The van der Waals surface area contributed by atoms with E-state index in [0.29, 0.717) is 0 Å². The second-order valence-corrected chi connectivity index (χ2v) is 3.84. The Balaban J connectivity index is 2.11. The van der Waals surface area contributed by atoms with Crippen LogP contribution >= 0.6 is 0 Å². The number of halogens is 1. The summed E-state index contributed by atoms with van der Waals surface area (Å²) in [5.41, 5.74) is 4.39. The van der Waals surface area contributed by atoms with Gasteiger partial charge in [0.1, 0.15) is 5.82 Å². The summed E-state index contributed by atoms with van der Waals surface area (Å²) in [5.74, 6) is -0.192. The fourth-order valence-electron chi connectivity index (χ4n) is 2.06. The summed E-state index contributed by atoms with van der Waals surface area (Å²) in [5, 5.41) is 0. The Bertz CT molecular complexity index is 567. The van der Waals surface area contributed by atoms with E-state index in [4.69, 9.17) is 0 Å². The Morgan fingerprint density at radius 3 is 2.62 bits per heavy atom. The molecule has 1 radical (unpaired) electrons. The third kappa shape index (κ3) is 1.45. The van der Waals surface area contributed by atoms with Crippen LogP contribution in [-0.2, 0) is 0 Å². The molecule has 0 N–H and O–H groups in total. The zero-order chi connectivity index (χ0) is 11.0. The van der Waals surface area contributed by atoms with Crippen LogP contribution < -0.4 is 0 Å². The van der Waals surface area contributed by atoms with E-state index in [0.717, 1.165) is 11.1 Å². The summed E-state index contributed by atoms with van der Waals surface area (Å²) in [4.78, 5) is 0. The Morgan fingerprint density at radius 2 is 1.75 bits per heavy atom. The van der Waals surface area contributed by atoms with Crippen molar-refractivity contribution < 1.29 is 4.39 Å². The lowest BCUT2D eigenvalue weighted by molar-refractivity contribution is 0.627. The van der Waals surface area contributed by atoms with E-state index in [1.165, 1.54) is 17.2 Å². The predicted octanol–water partition coefficient (Wildman–Crippen LogP) is 3.82. The van der Waals surface area contributed by atoms with Crippen LogP contribution in [0.4, 0.5) is 4.39 Å². The van der Waals surface area contributed by atoms with Crippen LogP contribution in [0.3, 0.4) is 0 Å². The van der Waals surface area contributed by atoms with Gasteiger partial charge in [0.2, 0.25) is 0 Å². The highest BCUT2D eigenvalue weighted by atomic mass is 19.1. The topological polar surface area (TPSA) is 0 Å². The van der Waals surface area contributed by atoms with E-state index in [1.54, 1.807) is 12.1 Å². The second kappa shape index (κ2) is 3.60. The average Bonchev–Trinajstić information content (AvgIpc) is 2.72. The molecular weight excluding hydrogens is 199 g/mol. The molecule has 16 heavy (non-hydrogen) atoms. The molecule has 77 valence electrons. The summed E-state index contributed by atoms with van der Waals surface area (Å²) >= 11 is 0. The normalized spacial score (nSPS) is 13.4. The lowest BCUT2D eigenvalue weighted by atomic mass is 9.99. The van der Waals surface area contributed by atoms with Crippen molar-refractivity contribution in [1.82, 2.24) is 0 Å². The molecule has 0 nitrogen and oxygen atoms in total. The molecule has 2 aromatic carbocycles. The first kappa shape index (κ1) is 9.34. The third-order valence-electron chi connectivity index (χ3n) is 2.82. The van der Waals surface area contributed by atoms with Crippen LogP contribution in [0.15, 0.2) is 54.6 Å². The minimum Gasteiger partial charge on any atom is -0.207 e. The first-order valence-corrected chi connectivity index (χ1v) is 5.25. The molecular formula is C15H10F. The molecule has 0 amide bonds. The van der Waals surface area contributed by atoms with Gasteiger partial charge >= 0.3 is 0 Å². The Hall–Kier alpha value is -1.89. The number of benzene rings is 2. The minimum atomic E-state index is -0.192. The molecule has 0 spiro atoms. The molecule has 0 heterocycles. The highest BCUT2D eigenvalue weighted by Gasteiger charge is 2.14. The van der Waals surface area contributed by atoms with Crippen molar-refractivity contribution in [3.05, 3.63) is 83.5 Å². The molecule has 0 saturated heterocycles. The summed E-state index contributed by atoms with van der Waals surface area (Å²) < 4.78 is 13.2. The lowest BCUT2D eigenvalue weighted by Crippen LogP contribution is -1.87. The van der Waals surface area contributed by atoms with Gasteiger partial charge in [-0.2, -0.15) is 0 Å². The van der Waals surface area contributed by atoms with Gasteiger partial charge < -0.3 is 0 Å². The van der Waals surface area contributed by atoms with Gasteiger partial charge in [-0.15, -0.1) is 0 Å². The van der Waals surface area contributed by atoms with Gasteiger partial charge in [-0.05, 0) is 34.4 Å². The van der Waals surface area contributed by atoms with Crippen LogP contribution in [0, 0.1) is 12.2 Å². The van der Waals surface area contributed by atoms with Crippen LogP contribution in [0.5, 0.6) is 0 Å². The molecule has 1 aliphatic carbocycles. The highest BCUT2D eigenvalue weighted by Crippen LogP contribution is 2.33. The summed E-state index contributed by atoms with van der Waals surface area (Å²) in [7, 11) is 0. The zero-order valence-electron chi connectivity index (χ0n) is 8.65. The molecule has 0 aliphatic heterocycles. The van der Waals surface area contributed by atoms with Crippen molar-refractivity contribution in [3.8, 4) is 0 Å². The molecule has 2 aromatic rings. The molecule has 0 saturated carbocycles. The van der Waals surface area contributed by atoms with Crippen molar-refractivity contribution in [1.29, 1.82) is 0 Å². The number of fused-ring (bicyclic) bond motifs is 1. The largest absolute Gasteiger partial charge is 0.207 e. The van der Waals surface area contributed by atoms with Crippen molar-refractivity contribution in [2.75, 3.05) is 0 Å². The van der Waals surface area contributed by atoms with Gasteiger partial charge in [-0.25, -0.2) is 4.39 Å². The Morgan fingerprint density at radius 1 is 0.875 bits per heavy atom. The smallest absolute Gasteiger partial charge is 0.123 e. The van der Waals surface area contributed by atoms with Gasteiger partial charge in [-0.1, -0.05) is 42.5 Å². The van der Waals surface area contributed by atoms with Crippen molar-refractivity contribution in [2.45, 2.75) is 0 Å². The standard InChI is InChI=1S/C15H10F/c16-13-6-3-5-12(10-13)15-9-8-11-4-1-2-7-14(11)15/h1-10H. The molecule has 1 aliphatic rings. The van der Waals surface area contributed by atoms with Gasteiger partial charge in [-0.3, -0.25) is 0 Å². The van der Waals surface area contributed by atoms with Crippen molar-refractivity contribution in [3.63, 3.8) is 0 Å². The summed E-state index contributed by atoms with van der Waals surface area (Å²) in [6.07, 6.45) is 4.11. The highest BCUT2D eigenvalue weighted by molar-refractivity contribution is 5.87. The summed E-state index contributed by atoms with van der Waals surface area (Å²) in [6, 6.07) is 14.9. The maximum Gasteiger partial charge on any atom is 0.123 e. The zero-order valence-corrected chi connectivity index (χ0v) is 8.65. The molecule has 0 atom stereocenters. The van der Waals surface area contributed by atoms with E-state index < -0.39 is 0 Å². The maximum atomic E-state index is 13.2. The molecule has 0 bridgehead atoms. The molecule has 0 aromatic heterocycles. The predicted molar refractivity (Wildman–Crippen MR) is 63.3 cm³/mol. The minimum absolute atomic E-state index is 0.192. The molecule has 1 heteroatoms. The van der Waals surface area contributed by atoms with Crippen molar-refractivity contribution >= 4 is 5.57 Å². The number of hydrogen-bond acceptors (Lipinski definition) is 0. The molecule has 3 rings (SSSR count). The third-order valence-corrected chi connectivity index (χ3v) is 2.82. The van der Waals surface area contributed by atoms with Crippen molar-refractivity contribution in [2.24, 2.45) is 0 Å². The van der Waals surface area contributed by atoms with Gasteiger partial charge in [0.25, 0.3) is 0 Å². The van der Waals surface area contributed by atoms with Gasteiger partial charge in [0, 0.05) is 6.42 Å². The fraction of sp³-hybridized carbons (Fsp3) is 0. The van der Waals surface area contributed by atoms with Crippen LogP contribution in [0.25, 0.3) is 5.57 Å². The SMILES string of the molecule is Fc1cccc(C2=C[CH]c3ccccc32)c1. The second-order valence-electron chi connectivity index (χ2n) is 3.84. The van der Waals surface area contributed by atoms with E-state index in [2.05, 4.69) is 18.6 Å². The molecule has 0 unspecified atom stereocenters. The van der Waals surface area contributed by atoms with Crippen LogP contribution in [-0.4, -0.2) is 0 Å². The lowest BCUT2D eigenvalue weighted by Gasteiger charge is -2.05. The maximum absolute atomic E-state index is 13.2. The van der Waals surface area contributed by atoms with Gasteiger partial charge in [0.15, 0.2) is 0 Å². The monoisotopic (exact) mass is 209 g/mol. The molecule has 0 fully saturated rings. The van der Waals surface area contributed by atoms with E-state index in [-0.39, 0.29) is 5.82 Å². The Kier molecular flexibility index (Phi) is 2.10. The van der Waals surface area contributed by atoms with E-state index >= 15 is 0 Å². The Labute approximate surface area is 94.1 Å². The number of allylic oxidation sites excluding steroid dienone is 1. The summed E-state index contributed by atoms with van der Waals surface area (Å²) in [6.45, 7) is 0. The first-order valence-electron chi connectivity index (χ1n) is 5.25. The average molecular weight is 209 g/mol. The van der Waals surface area contributed by atoms with E-state index in [1.807, 2.05) is 24.3 Å². The van der Waals surface area contributed by atoms with Crippen LogP contribution in [0.2, 0.25) is 0 Å². The first-order chi connectivity index (χ1) is 7.84. The number of rotatable bonds is 1. The van der Waals surface area contributed by atoms with Crippen LogP contribution in [0.1, 0.15) is 16.7 Å². The fourth-order valence-corrected chi connectivity index (χ4v) is 2.06. The van der Waals surface area contributed by atoms with E-state index in [9.17, 15) is 4.39 Å². The quantitative estimate of drug-likeness (QED) is 0.669.